The number of ether oxygens (including phenoxy) is 2. The van der Waals surface area contributed by atoms with E-state index in [1.165, 1.54) is 0 Å². The molecule has 1 unspecified atom stereocenters. The van der Waals surface area contributed by atoms with Crippen molar-refractivity contribution in [3.05, 3.63) is 35.5 Å². The fourth-order valence-electron chi connectivity index (χ4n) is 3.62. The predicted octanol–water partition coefficient (Wildman–Crippen LogP) is 2.42. The van der Waals surface area contributed by atoms with Crippen LogP contribution in [0.5, 0.6) is 0 Å². The molecule has 1 aromatic heterocycles. The Kier molecular flexibility index (Phi) is 5.04. The molecule has 8 heteroatoms. The molecule has 1 fully saturated rings. The number of nitrogen functional groups attached to an aromatic ring is 1. The van der Waals surface area contributed by atoms with Crippen molar-refractivity contribution in [2.24, 2.45) is 0 Å². The van der Waals surface area contributed by atoms with Gasteiger partial charge in [-0.05, 0) is 38.1 Å². The minimum Gasteiger partial charge on any atom is -0.450 e. The molecule has 1 atom stereocenters. The van der Waals surface area contributed by atoms with Crippen molar-refractivity contribution < 1.29 is 14.3 Å². The number of anilines is 2. The topological polar surface area (TPSA) is 93.8 Å². The van der Waals surface area contributed by atoms with Crippen molar-refractivity contribution >= 4 is 17.6 Å². The van der Waals surface area contributed by atoms with Crippen LogP contribution in [0.4, 0.5) is 16.3 Å². The van der Waals surface area contributed by atoms with Crippen LogP contribution in [0.3, 0.4) is 0 Å². The number of hydrogen-bond donors (Lipinski definition) is 1. The summed E-state index contributed by atoms with van der Waals surface area (Å²) in [5.41, 5.74) is 9.26. The van der Waals surface area contributed by atoms with Crippen molar-refractivity contribution in [1.82, 2.24) is 14.9 Å². The molecule has 0 aliphatic carbocycles. The molecule has 1 saturated heterocycles. The molecule has 148 valence electrons. The molecule has 1 amide bonds. The number of morpholine rings is 1. The number of nitrogens with two attached hydrogens (primary N) is 1. The smallest absolute Gasteiger partial charge is 0.410 e. The first-order valence-corrected chi connectivity index (χ1v) is 9.58. The number of carbonyl (C=O) groups excluding carboxylic acids is 1. The van der Waals surface area contributed by atoms with Crippen LogP contribution in [-0.4, -0.2) is 53.4 Å². The Morgan fingerprint density at radius 2 is 2.07 bits per heavy atom. The lowest BCUT2D eigenvalue weighted by molar-refractivity contribution is 0.0980. The van der Waals surface area contributed by atoms with Crippen molar-refractivity contribution in [3.63, 3.8) is 0 Å². The molecule has 4 rings (SSSR count). The molecule has 2 aliphatic heterocycles. The molecule has 2 aromatic rings. The van der Waals surface area contributed by atoms with Crippen LogP contribution in [0.2, 0.25) is 0 Å². The molecule has 3 heterocycles. The van der Waals surface area contributed by atoms with Gasteiger partial charge >= 0.3 is 6.09 Å². The third-order valence-corrected chi connectivity index (χ3v) is 5.10. The van der Waals surface area contributed by atoms with Crippen LogP contribution in [0.1, 0.15) is 25.1 Å². The third-order valence-electron chi connectivity index (χ3n) is 5.10. The normalized spacial score (nSPS) is 18.9. The van der Waals surface area contributed by atoms with Crippen molar-refractivity contribution in [3.8, 4) is 11.4 Å². The zero-order valence-corrected chi connectivity index (χ0v) is 16.2. The van der Waals surface area contributed by atoms with Gasteiger partial charge in [0.05, 0.1) is 44.6 Å². The van der Waals surface area contributed by atoms with Gasteiger partial charge in [-0.1, -0.05) is 0 Å². The van der Waals surface area contributed by atoms with Gasteiger partial charge in [-0.3, -0.25) is 4.90 Å². The minimum absolute atomic E-state index is 0.198. The second-order valence-electron chi connectivity index (χ2n) is 7.09. The number of amides is 1. The molecular weight excluding hydrogens is 358 g/mol. The summed E-state index contributed by atoms with van der Waals surface area (Å²) in [6, 6.07) is 7.72. The van der Waals surface area contributed by atoms with Crippen molar-refractivity contribution in [2.75, 3.05) is 37.0 Å². The Morgan fingerprint density at radius 3 is 2.79 bits per heavy atom. The highest BCUT2D eigenvalue weighted by atomic mass is 16.6. The predicted molar refractivity (Wildman–Crippen MR) is 106 cm³/mol. The van der Waals surface area contributed by atoms with Crippen LogP contribution >= 0.6 is 0 Å². The fraction of sp³-hybridized carbons (Fsp3) is 0.450. The summed E-state index contributed by atoms with van der Waals surface area (Å²) in [5, 5.41) is 0. The second-order valence-corrected chi connectivity index (χ2v) is 7.09. The molecule has 0 radical (unpaired) electrons. The zero-order valence-electron chi connectivity index (χ0n) is 16.2. The standard InChI is InChI=1S/C20H25N5O3/c1-3-28-20(26)24-10-16-17(11-24)22-18(14-4-6-15(21)7-5-14)23-19(16)25-8-9-27-12-13(25)2/h4-7,13H,3,8-12,21H2,1-2H3. The number of hydrogen-bond acceptors (Lipinski definition) is 7. The van der Waals surface area contributed by atoms with Gasteiger partial charge in [0, 0.05) is 23.4 Å². The van der Waals surface area contributed by atoms with E-state index < -0.39 is 0 Å². The van der Waals surface area contributed by atoms with Crippen molar-refractivity contribution in [2.45, 2.75) is 33.0 Å². The Bertz CT molecular complexity index is 871. The lowest BCUT2D eigenvalue weighted by atomic mass is 10.1. The summed E-state index contributed by atoms with van der Waals surface area (Å²) >= 11 is 0. The van der Waals surface area contributed by atoms with E-state index in [0.29, 0.717) is 44.4 Å². The summed E-state index contributed by atoms with van der Waals surface area (Å²) in [6.45, 7) is 7.21. The SMILES string of the molecule is CCOC(=O)N1Cc2nc(-c3ccc(N)cc3)nc(N3CCOCC3C)c2C1. The third kappa shape index (κ3) is 3.47. The quantitative estimate of drug-likeness (QED) is 0.814. The van der Waals surface area contributed by atoms with Crippen LogP contribution in [0.15, 0.2) is 24.3 Å². The molecular formula is C20H25N5O3. The molecule has 8 nitrogen and oxygen atoms in total. The Balaban J connectivity index is 1.75. The first-order valence-electron chi connectivity index (χ1n) is 9.58. The number of fused-ring (bicyclic) bond motifs is 1. The summed E-state index contributed by atoms with van der Waals surface area (Å²) in [7, 11) is 0. The maximum Gasteiger partial charge on any atom is 0.410 e. The average molecular weight is 383 g/mol. The summed E-state index contributed by atoms with van der Waals surface area (Å²) in [6.07, 6.45) is -0.324. The van der Waals surface area contributed by atoms with Gasteiger partial charge in [-0.2, -0.15) is 0 Å². The van der Waals surface area contributed by atoms with E-state index in [2.05, 4.69) is 11.8 Å². The highest BCUT2D eigenvalue weighted by Crippen LogP contribution is 2.33. The molecule has 0 saturated carbocycles. The molecule has 28 heavy (non-hydrogen) atoms. The van der Waals surface area contributed by atoms with Gasteiger partial charge in [-0.15, -0.1) is 0 Å². The van der Waals surface area contributed by atoms with Crippen LogP contribution in [-0.2, 0) is 22.6 Å². The Hall–Kier alpha value is -2.87. The second kappa shape index (κ2) is 7.63. The summed E-state index contributed by atoms with van der Waals surface area (Å²) in [5.74, 6) is 1.51. The van der Waals surface area contributed by atoms with E-state index >= 15 is 0 Å². The number of aromatic nitrogens is 2. The zero-order chi connectivity index (χ0) is 19.7. The average Bonchev–Trinajstić information content (AvgIpc) is 3.13. The van der Waals surface area contributed by atoms with Gasteiger partial charge in [0.15, 0.2) is 5.82 Å². The first-order chi connectivity index (χ1) is 13.6. The first kappa shape index (κ1) is 18.5. The minimum atomic E-state index is -0.324. The van der Waals surface area contributed by atoms with E-state index in [4.69, 9.17) is 25.2 Å². The van der Waals surface area contributed by atoms with Gasteiger partial charge in [0.1, 0.15) is 5.82 Å². The lowest BCUT2D eigenvalue weighted by Crippen LogP contribution is -2.44. The largest absolute Gasteiger partial charge is 0.450 e. The Morgan fingerprint density at radius 1 is 1.29 bits per heavy atom. The van der Waals surface area contributed by atoms with Crippen LogP contribution in [0, 0.1) is 0 Å². The molecule has 1 aromatic carbocycles. The Labute approximate surface area is 164 Å². The summed E-state index contributed by atoms with van der Waals surface area (Å²) < 4.78 is 10.8. The summed E-state index contributed by atoms with van der Waals surface area (Å²) in [4.78, 5) is 25.9. The lowest BCUT2D eigenvalue weighted by Gasteiger charge is -2.35. The number of carbonyl (C=O) groups is 1. The van der Waals surface area contributed by atoms with Crippen molar-refractivity contribution in [1.29, 1.82) is 0 Å². The van der Waals surface area contributed by atoms with E-state index in [1.54, 1.807) is 11.8 Å². The van der Waals surface area contributed by atoms with E-state index in [-0.39, 0.29) is 12.1 Å². The van der Waals surface area contributed by atoms with E-state index in [0.717, 1.165) is 29.2 Å². The van der Waals surface area contributed by atoms with Gasteiger partial charge in [-0.25, -0.2) is 14.8 Å². The highest BCUT2D eigenvalue weighted by Gasteiger charge is 2.33. The van der Waals surface area contributed by atoms with Gasteiger partial charge in [0.25, 0.3) is 0 Å². The van der Waals surface area contributed by atoms with Gasteiger partial charge in [0.2, 0.25) is 0 Å². The number of nitrogens with zero attached hydrogens (tertiary/aromatic N) is 4. The maximum absolute atomic E-state index is 12.3. The molecule has 2 N–H and O–H groups in total. The number of rotatable bonds is 3. The van der Waals surface area contributed by atoms with Crippen LogP contribution in [0.25, 0.3) is 11.4 Å². The van der Waals surface area contributed by atoms with E-state index in [9.17, 15) is 4.79 Å². The monoisotopic (exact) mass is 383 g/mol. The number of benzene rings is 1. The van der Waals surface area contributed by atoms with Gasteiger partial charge < -0.3 is 20.1 Å². The fourth-order valence-corrected chi connectivity index (χ4v) is 3.62. The maximum atomic E-state index is 12.3. The van der Waals surface area contributed by atoms with Crippen LogP contribution < -0.4 is 10.6 Å². The van der Waals surface area contributed by atoms with E-state index in [1.807, 2.05) is 24.3 Å². The molecule has 0 spiro atoms. The highest BCUT2D eigenvalue weighted by molar-refractivity contribution is 5.71. The molecule has 2 aliphatic rings. The molecule has 0 bridgehead atoms.